The Morgan fingerprint density at radius 1 is 0.712 bits per heavy atom. The lowest BCUT2D eigenvalue weighted by molar-refractivity contribution is 0.485. The minimum atomic E-state index is -4.32. The van der Waals surface area contributed by atoms with Gasteiger partial charge in [-0.05, 0) is 91.7 Å². The number of aromatic nitrogens is 4. The summed E-state index contributed by atoms with van der Waals surface area (Å²) in [4.78, 5) is 2.21. The van der Waals surface area contributed by atoms with Gasteiger partial charge in [-0.3, -0.25) is 4.55 Å². The van der Waals surface area contributed by atoms with Crippen molar-refractivity contribution in [2.24, 2.45) is 0 Å². The molecule has 0 aliphatic heterocycles. The van der Waals surface area contributed by atoms with Crippen molar-refractivity contribution in [3.8, 4) is 33.9 Å². The number of nitrogens with zero attached hydrogens (tertiary/aromatic N) is 4. The molecule has 0 fully saturated rings. The molecule has 2 aromatic carbocycles. The molecule has 7 nitrogen and oxygen atoms in total. The van der Waals surface area contributed by atoms with Crippen LogP contribution in [0.1, 0.15) is 70.8 Å². The Balaban J connectivity index is 0.889. The Kier molecular flexibility index (Phi) is 10.0. The summed E-state index contributed by atoms with van der Waals surface area (Å²) < 4.78 is 37.0. The summed E-state index contributed by atoms with van der Waals surface area (Å²) >= 11 is 28.4. The molecule has 4 aromatic heterocycles. The molecule has 8 rings (SSSR count). The summed E-state index contributed by atoms with van der Waals surface area (Å²) in [5.74, 6) is 0. The number of allylic oxidation sites excluding steroid dienone is 2. The van der Waals surface area contributed by atoms with Gasteiger partial charge in [-0.2, -0.15) is 18.6 Å². The predicted octanol–water partition coefficient (Wildman–Crippen LogP) is 12.3. The predicted molar refractivity (Wildman–Crippen MR) is 215 cm³/mol. The highest BCUT2D eigenvalue weighted by Gasteiger charge is 2.32. The minimum Gasteiger partial charge on any atom is -0.281 e. The van der Waals surface area contributed by atoms with E-state index in [1.807, 2.05) is 22.9 Å². The van der Waals surface area contributed by atoms with E-state index < -0.39 is 10.1 Å². The summed E-state index contributed by atoms with van der Waals surface area (Å²) in [6.45, 7) is 0. The summed E-state index contributed by atoms with van der Waals surface area (Å²) in [6.07, 6.45) is 16.2. The fraction of sp³-hybridized carbons (Fsp3) is 0.211. The van der Waals surface area contributed by atoms with E-state index in [9.17, 15) is 13.0 Å². The van der Waals surface area contributed by atoms with Gasteiger partial charge < -0.3 is 0 Å². The molecule has 2 aliphatic carbocycles. The zero-order chi connectivity index (χ0) is 36.1. The van der Waals surface area contributed by atoms with Crippen LogP contribution < -0.4 is 0 Å². The Morgan fingerprint density at radius 3 is 1.79 bits per heavy atom. The van der Waals surface area contributed by atoms with Crippen LogP contribution in [0.3, 0.4) is 0 Å². The Bertz CT molecular complexity index is 2530. The van der Waals surface area contributed by atoms with Crippen molar-refractivity contribution in [3.05, 3.63) is 118 Å². The van der Waals surface area contributed by atoms with Gasteiger partial charge in [0.15, 0.2) is 0 Å². The molecule has 6 aromatic rings. The van der Waals surface area contributed by atoms with E-state index in [2.05, 4.69) is 29.7 Å². The van der Waals surface area contributed by atoms with Crippen LogP contribution in [0.2, 0.25) is 20.1 Å². The van der Waals surface area contributed by atoms with E-state index in [0.29, 0.717) is 32.2 Å². The van der Waals surface area contributed by atoms with Crippen molar-refractivity contribution in [2.45, 2.75) is 55.6 Å². The van der Waals surface area contributed by atoms with E-state index in [1.54, 1.807) is 40.3 Å². The Labute approximate surface area is 329 Å². The van der Waals surface area contributed by atoms with Gasteiger partial charge in [-0.15, -0.1) is 22.7 Å². The Hall–Kier alpha value is -3.19. The second kappa shape index (κ2) is 14.6. The van der Waals surface area contributed by atoms with Crippen LogP contribution in [-0.4, -0.2) is 32.5 Å². The molecule has 2 aliphatic rings. The first-order valence-electron chi connectivity index (χ1n) is 16.7. The quantitative estimate of drug-likeness (QED) is 0.0978. The highest BCUT2D eigenvalue weighted by Crippen LogP contribution is 2.47. The molecule has 0 saturated carbocycles. The standard InChI is InChI=1S/C38H30Cl4N4O3S3/c39-22-11-13-32(28(41)17-22)45-37-24-15-16-50-34(24)19-25(37)30(43-45)9-7-5-3-1-2-4-6-8-10-31-26-20-35-27(21-36(51-35)52(47,48)49)38(26)46(44-31)33-14-12-23(40)18-29(33)42/h7-18,21H,1-6,19-20H2,(H,47,48,49)/b9-7+,10-8+. The van der Waals surface area contributed by atoms with Crippen LogP contribution in [-0.2, 0) is 23.0 Å². The normalized spacial score (nSPS) is 13.4. The number of thiophene rings is 2. The highest BCUT2D eigenvalue weighted by atomic mass is 35.5. The van der Waals surface area contributed by atoms with Crippen molar-refractivity contribution in [1.82, 2.24) is 19.6 Å². The van der Waals surface area contributed by atoms with Crippen molar-refractivity contribution < 1.29 is 13.0 Å². The monoisotopic (exact) mass is 826 g/mol. The number of unbranched alkanes of at least 4 members (excludes halogenated alkanes) is 5. The molecule has 266 valence electrons. The molecule has 1 N–H and O–H groups in total. The molecule has 0 atom stereocenters. The van der Waals surface area contributed by atoms with Gasteiger partial charge in [0, 0.05) is 54.9 Å². The van der Waals surface area contributed by atoms with Crippen molar-refractivity contribution >= 4 is 91.3 Å². The molecule has 0 unspecified atom stereocenters. The van der Waals surface area contributed by atoms with E-state index in [0.717, 1.165) is 101 Å². The van der Waals surface area contributed by atoms with Crippen LogP contribution in [0.4, 0.5) is 0 Å². The molecule has 0 spiro atoms. The molecule has 0 saturated heterocycles. The van der Waals surface area contributed by atoms with Gasteiger partial charge in [0.05, 0.1) is 44.2 Å². The van der Waals surface area contributed by atoms with Crippen molar-refractivity contribution in [1.29, 1.82) is 0 Å². The van der Waals surface area contributed by atoms with E-state index in [1.165, 1.54) is 22.1 Å². The molecule has 4 heterocycles. The molecule has 0 amide bonds. The zero-order valence-electron chi connectivity index (χ0n) is 27.5. The molecule has 0 radical (unpaired) electrons. The molecular weight excluding hydrogens is 798 g/mol. The summed E-state index contributed by atoms with van der Waals surface area (Å²) in [5, 5.41) is 14.1. The summed E-state index contributed by atoms with van der Waals surface area (Å²) in [6, 6.07) is 14.4. The molecular formula is C38H30Cl4N4O3S3. The average molecular weight is 829 g/mol. The van der Waals surface area contributed by atoms with E-state index >= 15 is 0 Å². The summed E-state index contributed by atoms with van der Waals surface area (Å²) in [5.41, 5.74) is 9.34. The maximum atomic E-state index is 11.9. The number of rotatable bonds is 12. The van der Waals surface area contributed by atoms with Gasteiger partial charge in [0.1, 0.15) is 4.21 Å². The second-order valence-corrected chi connectivity index (χ2v) is 18.2. The molecule has 52 heavy (non-hydrogen) atoms. The van der Waals surface area contributed by atoms with Gasteiger partial charge in [0.25, 0.3) is 0 Å². The average Bonchev–Trinajstić information content (AvgIpc) is 3.92. The number of halogens is 4. The van der Waals surface area contributed by atoms with E-state index in [-0.39, 0.29) is 4.21 Å². The molecule has 0 bridgehead atoms. The van der Waals surface area contributed by atoms with Crippen molar-refractivity contribution in [3.63, 3.8) is 0 Å². The van der Waals surface area contributed by atoms with E-state index in [4.69, 9.17) is 56.6 Å². The number of hydrogen-bond donors (Lipinski definition) is 1. The highest BCUT2D eigenvalue weighted by molar-refractivity contribution is 7.88. The van der Waals surface area contributed by atoms with Crippen LogP contribution >= 0.6 is 69.1 Å². The fourth-order valence-corrected chi connectivity index (χ4v) is 10.7. The third-order valence-electron chi connectivity index (χ3n) is 9.32. The van der Waals surface area contributed by atoms with Gasteiger partial charge in [-0.25, -0.2) is 9.36 Å². The third kappa shape index (κ3) is 6.84. The second-order valence-electron chi connectivity index (χ2n) is 12.7. The summed E-state index contributed by atoms with van der Waals surface area (Å²) in [7, 11) is -4.32. The first-order valence-corrected chi connectivity index (χ1v) is 21.4. The van der Waals surface area contributed by atoms with Crippen LogP contribution in [0.25, 0.3) is 46.0 Å². The SMILES string of the molecule is O=S(=O)(O)c1cc2c(s1)Cc1c(/C=C/CCCCCC/C=C/c3nn(-c4ccc(Cl)cc4Cl)c4c3Cc3sccc3-4)nn(-c3ccc(Cl)cc3Cl)c1-2. The topological polar surface area (TPSA) is 90.0 Å². The lowest BCUT2D eigenvalue weighted by Crippen LogP contribution is -2.00. The largest absolute Gasteiger partial charge is 0.304 e. The zero-order valence-corrected chi connectivity index (χ0v) is 32.9. The van der Waals surface area contributed by atoms with Crippen LogP contribution in [0.5, 0.6) is 0 Å². The first kappa shape index (κ1) is 35.8. The number of benzene rings is 2. The van der Waals surface area contributed by atoms with Crippen molar-refractivity contribution in [2.75, 3.05) is 0 Å². The number of hydrogen-bond acceptors (Lipinski definition) is 6. The van der Waals surface area contributed by atoms with Crippen LogP contribution in [0, 0.1) is 0 Å². The van der Waals surface area contributed by atoms with Gasteiger partial charge in [-0.1, -0.05) is 71.4 Å². The lowest BCUT2D eigenvalue weighted by atomic mass is 10.1. The van der Waals surface area contributed by atoms with Gasteiger partial charge in [0.2, 0.25) is 0 Å². The number of fused-ring (bicyclic) bond motifs is 6. The minimum absolute atomic E-state index is 0.0818. The Morgan fingerprint density at radius 2 is 1.25 bits per heavy atom. The van der Waals surface area contributed by atoms with Crippen LogP contribution in [0.15, 0.2) is 70.3 Å². The smallest absolute Gasteiger partial charge is 0.281 e. The maximum absolute atomic E-state index is 11.9. The van der Waals surface area contributed by atoms with Gasteiger partial charge >= 0.3 is 10.1 Å². The third-order valence-corrected chi connectivity index (χ3v) is 13.8. The molecule has 14 heteroatoms. The lowest BCUT2D eigenvalue weighted by Gasteiger charge is -2.08. The first-order chi connectivity index (χ1) is 25.1. The fourth-order valence-electron chi connectivity index (χ4n) is 6.90. The maximum Gasteiger partial charge on any atom is 0.304 e.